The van der Waals surface area contributed by atoms with E-state index in [1.165, 1.54) is 6.07 Å². The molecule has 0 spiro atoms. The van der Waals surface area contributed by atoms with Crippen LogP contribution in [0.25, 0.3) is 11.1 Å². The van der Waals surface area contributed by atoms with Crippen molar-refractivity contribution in [1.82, 2.24) is 16.0 Å². The maximum Gasteiger partial charge on any atom is 0.413 e. The van der Waals surface area contributed by atoms with Gasteiger partial charge in [0.2, 0.25) is 17.7 Å². The van der Waals surface area contributed by atoms with Crippen LogP contribution in [0.2, 0.25) is 0 Å². The molecule has 0 radical (unpaired) electrons. The lowest BCUT2D eigenvalue weighted by atomic mass is 9.95. The number of hydrogen-bond donors (Lipinski definition) is 5. The number of alkyl carbamates (subject to hydrolysis) is 1. The number of carbonyl (C=O) groups is 5. The predicted octanol–water partition coefficient (Wildman–Crippen LogP) is 5.23. The normalized spacial score (nSPS) is 11.0. The number of methoxy groups -OCH3 is 1. The maximum atomic E-state index is 13.3. The Morgan fingerprint density at radius 1 is 0.719 bits per heavy atom. The zero-order chi connectivity index (χ0) is 40.6. The SMILES string of the molecule is COc1ccc(CCNC(=O)C(CC(=O)OCc2ccccc2)NC(=O)Cc2ccc(-c3ccc(C(=N)NC(=O)OCc4ccccc4)cc3C(N)=O)cc2)cc1. The Hall–Kier alpha value is -7.28. The third-order valence-electron chi connectivity index (χ3n) is 8.78. The Kier molecular flexibility index (Phi) is 14.6. The average molecular weight is 770 g/mol. The molecule has 13 nitrogen and oxygen atoms in total. The summed E-state index contributed by atoms with van der Waals surface area (Å²) >= 11 is 0. The summed E-state index contributed by atoms with van der Waals surface area (Å²) in [6.07, 6.45) is -0.794. The number of rotatable bonds is 17. The molecule has 292 valence electrons. The second kappa shape index (κ2) is 20.4. The highest BCUT2D eigenvalue weighted by molar-refractivity contribution is 6.08. The molecule has 0 aliphatic carbocycles. The van der Waals surface area contributed by atoms with E-state index in [1.54, 1.807) is 55.6 Å². The first kappa shape index (κ1) is 40.9. The highest BCUT2D eigenvalue weighted by atomic mass is 16.5. The molecule has 0 fully saturated rings. The second-order valence-corrected chi connectivity index (χ2v) is 12.9. The van der Waals surface area contributed by atoms with Gasteiger partial charge in [0.1, 0.15) is 30.8 Å². The van der Waals surface area contributed by atoms with E-state index in [9.17, 15) is 24.0 Å². The molecule has 4 amide bonds. The molecule has 0 aliphatic heterocycles. The minimum absolute atomic E-state index is 0.0227. The van der Waals surface area contributed by atoms with E-state index >= 15 is 0 Å². The van der Waals surface area contributed by atoms with Crippen LogP contribution in [0.5, 0.6) is 5.75 Å². The summed E-state index contributed by atoms with van der Waals surface area (Å²) < 4.78 is 15.8. The van der Waals surface area contributed by atoms with Crippen molar-refractivity contribution in [2.45, 2.75) is 38.5 Å². The van der Waals surface area contributed by atoms with Crippen LogP contribution in [0.4, 0.5) is 4.79 Å². The molecule has 5 aromatic rings. The van der Waals surface area contributed by atoms with Gasteiger partial charge in [-0.2, -0.15) is 0 Å². The first-order chi connectivity index (χ1) is 27.6. The van der Waals surface area contributed by atoms with E-state index < -0.39 is 35.8 Å². The van der Waals surface area contributed by atoms with Gasteiger partial charge in [-0.25, -0.2) is 4.79 Å². The van der Waals surface area contributed by atoms with Crippen molar-refractivity contribution in [3.05, 3.63) is 161 Å². The van der Waals surface area contributed by atoms with E-state index in [1.807, 2.05) is 72.8 Å². The molecule has 0 saturated carbocycles. The molecule has 6 N–H and O–H groups in total. The molecular weight excluding hydrogens is 727 g/mol. The second-order valence-electron chi connectivity index (χ2n) is 12.9. The number of nitrogens with two attached hydrogens (primary N) is 1. The molecule has 1 atom stereocenters. The number of nitrogens with one attached hydrogen (secondary N) is 4. The van der Waals surface area contributed by atoms with Crippen molar-refractivity contribution in [2.75, 3.05) is 13.7 Å². The molecule has 13 heteroatoms. The van der Waals surface area contributed by atoms with Gasteiger partial charge in [-0.3, -0.25) is 29.9 Å². The number of esters is 1. The number of benzene rings is 5. The molecule has 57 heavy (non-hydrogen) atoms. The molecular formula is C44H43N5O8. The zero-order valence-electron chi connectivity index (χ0n) is 31.3. The molecule has 0 aliphatic rings. The van der Waals surface area contributed by atoms with E-state index in [-0.39, 0.29) is 49.6 Å². The van der Waals surface area contributed by atoms with E-state index in [4.69, 9.17) is 25.4 Å². The maximum absolute atomic E-state index is 13.3. The third-order valence-corrected chi connectivity index (χ3v) is 8.78. The molecule has 5 aromatic carbocycles. The van der Waals surface area contributed by atoms with Gasteiger partial charge in [0.25, 0.3) is 0 Å². The summed E-state index contributed by atoms with van der Waals surface area (Å²) in [6, 6.07) is 35.8. The van der Waals surface area contributed by atoms with Crippen LogP contribution in [0.1, 0.15) is 44.6 Å². The summed E-state index contributed by atoms with van der Waals surface area (Å²) in [4.78, 5) is 64.2. The van der Waals surface area contributed by atoms with Gasteiger partial charge in [-0.05, 0) is 58.0 Å². The highest BCUT2D eigenvalue weighted by Crippen LogP contribution is 2.26. The monoisotopic (exact) mass is 769 g/mol. The van der Waals surface area contributed by atoms with Crippen molar-refractivity contribution in [1.29, 1.82) is 5.41 Å². The minimum Gasteiger partial charge on any atom is -0.497 e. The van der Waals surface area contributed by atoms with Crippen molar-refractivity contribution in [3.8, 4) is 16.9 Å². The van der Waals surface area contributed by atoms with Crippen LogP contribution < -0.4 is 26.4 Å². The van der Waals surface area contributed by atoms with Crippen LogP contribution >= 0.6 is 0 Å². The fourth-order valence-corrected chi connectivity index (χ4v) is 5.74. The smallest absolute Gasteiger partial charge is 0.413 e. The van der Waals surface area contributed by atoms with Crippen molar-refractivity contribution >= 4 is 35.6 Å². The number of primary amides is 1. The fourth-order valence-electron chi connectivity index (χ4n) is 5.74. The van der Waals surface area contributed by atoms with Gasteiger partial charge in [-0.1, -0.05) is 109 Å². The molecule has 0 saturated heterocycles. The van der Waals surface area contributed by atoms with E-state index in [0.717, 1.165) is 16.7 Å². The average Bonchev–Trinajstić information content (AvgIpc) is 3.23. The Morgan fingerprint density at radius 3 is 1.95 bits per heavy atom. The summed E-state index contributed by atoms with van der Waals surface area (Å²) in [5.74, 6) is -1.99. The minimum atomic E-state index is -1.19. The Labute approximate surface area is 330 Å². The molecule has 5 rings (SSSR count). The lowest BCUT2D eigenvalue weighted by Gasteiger charge is -2.18. The van der Waals surface area contributed by atoms with Crippen LogP contribution in [0.3, 0.4) is 0 Å². The highest BCUT2D eigenvalue weighted by Gasteiger charge is 2.25. The first-order valence-corrected chi connectivity index (χ1v) is 18.1. The summed E-state index contributed by atoms with van der Waals surface area (Å²) in [5, 5.41) is 16.2. The largest absolute Gasteiger partial charge is 0.497 e. The Balaban J connectivity index is 1.20. The van der Waals surface area contributed by atoms with Crippen LogP contribution in [0, 0.1) is 5.41 Å². The first-order valence-electron chi connectivity index (χ1n) is 18.1. The molecule has 0 aromatic heterocycles. The number of hydrogen-bond acceptors (Lipinski definition) is 9. The summed E-state index contributed by atoms with van der Waals surface area (Å²) in [7, 11) is 1.58. The number of carbonyl (C=O) groups excluding carboxylic acids is 5. The number of ether oxygens (including phenoxy) is 3. The standard InChI is InChI=1S/C44H43N5O8/c1-55-35-19-14-29(15-20-35)22-23-47-43(53)38(26-40(51)56-27-31-8-4-2-5-9-31)48-39(50)24-30-12-16-33(17-13-30)36-21-18-34(25-37(36)42(46)52)41(45)49-44(54)57-28-32-10-6-3-7-11-32/h2-21,25,38H,22-24,26-28H2,1H3,(H2,46,52)(H,47,53)(H,48,50)(H2,45,49,54). The molecule has 0 bridgehead atoms. The van der Waals surface area contributed by atoms with E-state index in [2.05, 4.69) is 16.0 Å². The third kappa shape index (κ3) is 12.6. The van der Waals surface area contributed by atoms with Gasteiger partial charge in [0.05, 0.1) is 20.0 Å². The van der Waals surface area contributed by atoms with Gasteiger partial charge in [-0.15, -0.1) is 0 Å². The van der Waals surface area contributed by atoms with Gasteiger partial charge in [0.15, 0.2) is 0 Å². The van der Waals surface area contributed by atoms with Gasteiger partial charge in [0, 0.05) is 17.7 Å². The van der Waals surface area contributed by atoms with E-state index in [0.29, 0.717) is 28.9 Å². The van der Waals surface area contributed by atoms with Gasteiger partial charge < -0.3 is 30.6 Å². The topological polar surface area (TPSA) is 199 Å². The van der Waals surface area contributed by atoms with Crippen molar-refractivity contribution in [2.24, 2.45) is 5.73 Å². The predicted molar refractivity (Wildman–Crippen MR) is 213 cm³/mol. The lowest BCUT2D eigenvalue weighted by Crippen LogP contribution is -2.48. The van der Waals surface area contributed by atoms with Crippen LogP contribution in [0.15, 0.2) is 127 Å². The van der Waals surface area contributed by atoms with Crippen molar-refractivity contribution in [3.63, 3.8) is 0 Å². The Morgan fingerprint density at radius 2 is 1.33 bits per heavy atom. The van der Waals surface area contributed by atoms with Crippen molar-refractivity contribution < 1.29 is 38.2 Å². The van der Waals surface area contributed by atoms with Crippen LogP contribution in [-0.2, 0) is 49.9 Å². The van der Waals surface area contributed by atoms with Gasteiger partial charge >= 0.3 is 12.1 Å². The summed E-state index contributed by atoms with van der Waals surface area (Å²) in [6.45, 7) is 0.315. The molecule has 1 unspecified atom stereocenters. The quantitative estimate of drug-likeness (QED) is 0.0481. The Bertz CT molecular complexity index is 2180. The number of amidine groups is 1. The van der Waals surface area contributed by atoms with Crippen LogP contribution in [-0.4, -0.2) is 55.3 Å². The number of amides is 4. The summed E-state index contributed by atoms with van der Waals surface area (Å²) in [5.41, 5.74) is 10.3. The fraction of sp³-hybridized carbons (Fsp3) is 0.182. The molecule has 0 heterocycles. The zero-order valence-corrected chi connectivity index (χ0v) is 31.3. The lowest BCUT2D eigenvalue weighted by molar-refractivity contribution is -0.147.